The summed E-state index contributed by atoms with van der Waals surface area (Å²) in [6, 6.07) is 5.42. The van der Waals surface area contributed by atoms with Crippen LogP contribution in [0.2, 0.25) is 5.02 Å². The van der Waals surface area contributed by atoms with Crippen molar-refractivity contribution in [1.29, 1.82) is 0 Å². The maximum Gasteiger partial charge on any atom is 0.239 e. The van der Waals surface area contributed by atoms with E-state index in [9.17, 15) is 4.79 Å². The highest BCUT2D eigenvalue weighted by Gasteiger charge is 2.04. The highest BCUT2D eigenvalue weighted by molar-refractivity contribution is 9.10. The van der Waals surface area contributed by atoms with Gasteiger partial charge in [0.15, 0.2) is 0 Å². The molecule has 0 spiro atoms. The predicted molar refractivity (Wildman–Crippen MR) is 80.1 cm³/mol. The van der Waals surface area contributed by atoms with Crippen molar-refractivity contribution in [1.82, 2.24) is 5.32 Å². The van der Waals surface area contributed by atoms with Crippen molar-refractivity contribution in [2.24, 2.45) is 5.92 Å². The van der Waals surface area contributed by atoms with Gasteiger partial charge in [0.25, 0.3) is 0 Å². The Bertz CT molecular complexity index is 410. The maximum atomic E-state index is 11.6. The second-order valence-electron chi connectivity index (χ2n) is 4.51. The second kappa shape index (κ2) is 7.64. The van der Waals surface area contributed by atoms with Gasteiger partial charge in [-0.2, -0.15) is 0 Å². The van der Waals surface area contributed by atoms with Crippen LogP contribution in [0.1, 0.15) is 20.3 Å². The molecule has 3 nitrogen and oxygen atoms in total. The van der Waals surface area contributed by atoms with Crippen LogP contribution in [-0.4, -0.2) is 19.0 Å². The van der Waals surface area contributed by atoms with Gasteiger partial charge in [-0.25, -0.2) is 0 Å². The lowest BCUT2D eigenvalue weighted by molar-refractivity contribution is -0.119. The molecular weight excluding hydrogens is 316 g/mol. The van der Waals surface area contributed by atoms with Gasteiger partial charge in [0.2, 0.25) is 5.91 Å². The third-order valence-corrected chi connectivity index (χ3v) is 3.34. The summed E-state index contributed by atoms with van der Waals surface area (Å²) >= 11 is 9.29. The third kappa shape index (κ3) is 5.74. The normalized spacial score (nSPS) is 10.5. The van der Waals surface area contributed by atoms with Crippen LogP contribution in [-0.2, 0) is 4.79 Å². The number of hydrogen-bond donors (Lipinski definition) is 2. The smallest absolute Gasteiger partial charge is 0.239 e. The van der Waals surface area contributed by atoms with E-state index in [-0.39, 0.29) is 12.5 Å². The number of carbonyl (C=O) groups is 1. The van der Waals surface area contributed by atoms with E-state index in [2.05, 4.69) is 40.4 Å². The molecule has 1 aromatic carbocycles. The molecule has 0 aromatic heterocycles. The van der Waals surface area contributed by atoms with Crippen LogP contribution >= 0.6 is 27.5 Å². The number of benzene rings is 1. The number of carbonyl (C=O) groups excluding carboxylic acids is 1. The summed E-state index contributed by atoms with van der Waals surface area (Å²) in [5.41, 5.74) is 0.821. The Morgan fingerprint density at radius 2 is 2.17 bits per heavy atom. The van der Waals surface area contributed by atoms with E-state index in [4.69, 9.17) is 11.6 Å². The SMILES string of the molecule is CC(C)CCNC(=O)CNc1cc(Cl)ccc1Br. The Labute approximate surface area is 121 Å². The molecular formula is C13H18BrClN2O. The van der Waals surface area contributed by atoms with Crippen LogP contribution in [0.3, 0.4) is 0 Å². The third-order valence-electron chi connectivity index (χ3n) is 2.41. The summed E-state index contributed by atoms with van der Waals surface area (Å²) in [5, 5.41) is 6.56. The zero-order valence-corrected chi connectivity index (χ0v) is 12.9. The van der Waals surface area contributed by atoms with E-state index < -0.39 is 0 Å². The van der Waals surface area contributed by atoms with E-state index >= 15 is 0 Å². The zero-order chi connectivity index (χ0) is 13.5. The standard InChI is InChI=1S/C13H18BrClN2O/c1-9(2)5-6-16-13(18)8-17-12-7-10(15)3-4-11(12)14/h3-4,7,9,17H,5-6,8H2,1-2H3,(H,16,18). The molecule has 1 amide bonds. The average Bonchev–Trinajstić information content (AvgIpc) is 2.30. The van der Waals surface area contributed by atoms with Crippen molar-refractivity contribution in [3.05, 3.63) is 27.7 Å². The van der Waals surface area contributed by atoms with Crippen molar-refractivity contribution < 1.29 is 4.79 Å². The summed E-state index contributed by atoms with van der Waals surface area (Å²) < 4.78 is 0.891. The molecule has 1 rings (SSSR count). The molecule has 0 fully saturated rings. The van der Waals surface area contributed by atoms with Gasteiger partial charge in [-0.1, -0.05) is 25.4 Å². The van der Waals surface area contributed by atoms with E-state index in [1.54, 1.807) is 12.1 Å². The molecule has 0 atom stereocenters. The summed E-state index contributed by atoms with van der Waals surface area (Å²) in [6.07, 6.45) is 0.993. The first-order valence-electron chi connectivity index (χ1n) is 5.94. The van der Waals surface area contributed by atoms with Gasteiger partial charge in [-0.05, 0) is 46.5 Å². The van der Waals surface area contributed by atoms with Crippen LogP contribution in [0, 0.1) is 5.92 Å². The van der Waals surface area contributed by atoms with Crippen LogP contribution in [0.4, 0.5) is 5.69 Å². The molecule has 100 valence electrons. The Kier molecular flexibility index (Phi) is 6.50. The van der Waals surface area contributed by atoms with Gasteiger partial charge in [-0.3, -0.25) is 4.79 Å². The van der Waals surface area contributed by atoms with Gasteiger partial charge < -0.3 is 10.6 Å². The number of rotatable bonds is 6. The van der Waals surface area contributed by atoms with Crippen molar-refractivity contribution in [3.63, 3.8) is 0 Å². The fourth-order valence-electron chi connectivity index (χ4n) is 1.37. The van der Waals surface area contributed by atoms with Crippen LogP contribution in [0.15, 0.2) is 22.7 Å². The fourth-order valence-corrected chi connectivity index (χ4v) is 1.93. The summed E-state index contributed by atoms with van der Waals surface area (Å²) in [6.45, 7) is 5.23. The van der Waals surface area contributed by atoms with Crippen molar-refractivity contribution in [3.8, 4) is 0 Å². The molecule has 0 saturated heterocycles. The Balaban J connectivity index is 2.36. The molecule has 0 aliphatic rings. The Morgan fingerprint density at radius 1 is 1.44 bits per heavy atom. The molecule has 0 aliphatic heterocycles. The monoisotopic (exact) mass is 332 g/mol. The zero-order valence-electron chi connectivity index (χ0n) is 10.6. The first kappa shape index (κ1) is 15.3. The first-order chi connectivity index (χ1) is 8.49. The van der Waals surface area contributed by atoms with Crippen molar-refractivity contribution >= 4 is 39.1 Å². The van der Waals surface area contributed by atoms with E-state index in [1.807, 2.05) is 6.07 Å². The van der Waals surface area contributed by atoms with E-state index in [1.165, 1.54) is 0 Å². The molecule has 5 heteroatoms. The summed E-state index contributed by atoms with van der Waals surface area (Å²) in [5.74, 6) is 0.586. The molecule has 0 aliphatic carbocycles. The Hall–Kier alpha value is -0.740. The summed E-state index contributed by atoms with van der Waals surface area (Å²) in [7, 11) is 0. The van der Waals surface area contributed by atoms with Crippen LogP contribution in [0.25, 0.3) is 0 Å². The van der Waals surface area contributed by atoms with E-state index in [0.717, 1.165) is 23.1 Å². The molecule has 0 heterocycles. The van der Waals surface area contributed by atoms with Crippen molar-refractivity contribution in [2.75, 3.05) is 18.4 Å². The molecule has 0 radical (unpaired) electrons. The lowest BCUT2D eigenvalue weighted by Crippen LogP contribution is -2.31. The second-order valence-corrected chi connectivity index (χ2v) is 5.80. The van der Waals surface area contributed by atoms with Gasteiger partial charge in [0.05, 0.1) is 12.2 Å². The first-order valence-corrected chi connectivity index (χ1v) is 7.11. The molecule has 0 saturated carbocycles. The van der Waals surface area contributed by atoms with Gasteiger partial charge in [-0.15, -0.1) is 0 Å². The molecule has 0 bridgehead atoms. The Morgan fingerprint density at radius 3 is 2.83 bits per heavy atom. The summed E-state index contributed by atoms with van der Waals surface area (Å²) in [4.78, 5) is 11.6. The van der Waals surface area contributed by atoms with Crippen LogP contribution in [0.5, 0.6) is 0 Å². The molecule has 0 unspecified atom stereocenters. The number of amides is 1. The highest BCUT2D eigenvalue weighted by atomic mass is 79.9. The maximum absolute atomic E-state index is 11.6. The number of anilines is 1. The average molecular weight is 334 g/mol. The quantitative estimate of drug-likeness (QED) is 0.834. The lowest BCUT2D eigenvalue weighted by atomic mass is 10.1. The van der Waals surface area contributed by atoms with Gasteiger partial charge in [0.1, 0.15) is 0 Å². The van der Waals surface area contributed by atoms with Crippen LogP contribution < -0.4 is 10.6 Å². The molecule has 18 heavy (non-hydrogen) atoms. The van der Waals surface area contributed by atoms with Gasteiger partial charge >= 0.3 is 0 Å². The minimum atomic E-state index is -0.0116. The van der Waals surface area contributed by atoms with Gasteiger partial charge in [0, 0.05) is 16.0 Å². The fraction of sp³-hybridized carbons (Fsp3) is 0.462. The number of halogens is 2. The minimum Gasteiger partial charge on any atom is -0.375 e. The number of nitrogens with one attached hydrogen (secondary N) is 2. The number of hydrogen-bond acceptors (Lipinski definition) is 2. The van der Waals surface area contributed by atoms with Crippen molar-refractivity contribution in [2.45, 2.75) is 20.3 Å². The van der Waals surface area contributed by atoms with E-state index in [0.29, 0.717) is 10.9 Å². The highest BCUT2D eigenvalue weighted by Crippen LogP contribution is 2.25. The topological polar surface area (TPSA) is 41.1 Å². The minimum absolute atomic E-state index is 0.0116. The largest absolute Gasteiger partial charge is 0.375 e. The predicted octanol–water partition coefficient (Wildman–Crippen LogP) is 3.68. The lowest BCUT2D eigenvalue weighted by Gasteiger charge is -2.10. The molecule has 2 N–H and O–H groups in total. The molecule has 1 aromatic rings.